The van der Waals surface area contributed by atoms with E-state index >= 15 is 0 Å². The summed E-state index contributed by atoms with van der Waals surface area (Å²) in [6.45, 7) is -0.229. The Morgan fingerprint density at radius 1 is 0.231 bits per heavy atom. The molecule has 4 heteroatoms. The number of fused-ring (bicyclic) bond motifs is 6. The molecule has 0 amide bonds. The van der Waals surface area contributed by atoms with Crippen LogP contribution in [-0.4, -0.2) is 10.2 Å². The van der Waals surface area contributed by atoms with Crippen LogP contribution in [0.4, 0.5) is 0 Å². The Kier molecular flexibility index (Phi) is 11.8. The van der Waals surface area contributed by atoms with Crippen LogP contribution in [0.5, 0.6) is 23.0 Å². The maximum atomic E-state index is 10.6. The SMILES string of the molecule is OCc1ccc(Oc2ccc3cc(-c4ccc5ccccc5c4)ccc3c2-c2c(Oc3ccc(CO)cc3-c3cccc4ccccc34)ccc3cc(-c4ccc5ccccc5c4)ccc23)c(-c2cccc3ccccc23)c1. The maximum absolute atomic E-state index is 10.6. The molecule has 0 aliphatic rings. The number of aliphatic hydroxyl groups excluding tert-OH is 2. The quantitative estimate of drug-likeness (QED) is 0.136. The van der Waals surface area contributed by atoms with E-state index in [2.05, 4.69) is 231 Å². The molecule has 0 radical (unpaired) electrons. The number of ether oxygens (including phenoxy) is 2. The van der Waals surface area contributed by atoms with Crippen LogP contribution in [0.3, 0.4) is 0 Å². The molecule has 0 saturated heterocycles. The first-order valence-electron chi connectivity index (χ1n) is 26.5. The van der Waals surface area contributed by atoms with E-state index < -0.39 is 0 Å². The average Bonchev–Trinajstić information content (AvgIpc) is 3.69. The highest BCUT2D eigenvalue weighted by Gasteiger charge is 2.24. The highest BCUT2D eigenvalue weighted by atomic mass is 16.5. The molecule has 0 bridgehead atoms. The summed E-state index contributed by atoms with van der Waals surface area (Å²) in [6, 6.07) is 93.6. The van der Waals surface area contributed by atoms with Crippen molar-refractivity contribution in [3.8, 4) is 78.6 Å². The third-order valence-electron chi connectivity index (χ3n) is 15.4. The molecule has 4 nitrogen and oxygen atoms in total. The second kappa shape index (κ2) is 19.7. The van der Waals surface area contributed by atoms with Crippen molar-refractivity contribution in [1.82, 2.24) is 0 Å². The minimum Gasteiger partial charge on any atom is -0.456 e. The number of benzene rings is 14. The molecule has 14 aromatic rings. The van der Waals surface area contributed by atoms with E-state index in [1.807, 2.05) is 36.4 Å². The molecule has 14 aromatic carbocycles. The molecule has 0 spiro atoms. The lowest BCUT2D eigenvalue weighted by molar-refractivity contribution is 0.281. The molecule has 0 heterocycles. The molecule has 0 aliphatic heterocycles. The van der Waals surface area contributed by atoms with Gasteiger partial charge in [0, 0.05) is 22.3 Å². The van der Waals surface area contributed by atoms with Gasteiger partial charge in [-0.05, 0) is 170 Å². The Labute approximate surface area is 451 Å². The van der Waals surface area contributed by atoms with Gasteiger partial charge in [0.15, 0.2) is 0 Å². The summed E-state index contributed by atoms with van der Waals surface area (Å²) in [5.74, 6) is 2.58. The van der Waals surface area contributed by atoms with Gasteiger partial charge in [-0.15, -0.1) is 0 Å². The molecule has 78 heavy (non-hydrogen) atoms. The molecule has 0 unspecified atom stereocenters. The number of rotatable bonds is 11. The van der Waals surface area contributed by atoms with Crippen LogP contribution >= 0.6 is 0 Å². The fourth-order valence-corrected chi connectivity index (χ4v) is 11.5. The average molecular weight is 1000 g/mol. The Morgan fingerprint density at radius 2 is 0.577 bits per heavy atom. The molecule has 14 rings (SSSR count). The monoisotopic (exact) mass is 1000 g/mol. The molecule has 0 atom stereocenters. The first kappa shape index (κ1) is 46.7. The van der Waals surface area contributed by atoms with Crippen molar-refractivity contribution in [3.05, 3.63) is 278 Å². The van der Waals surface area contributed by atoms with E-state index in [1.54, 1.807) is 0 Å². The van der Waals surface area contributed by atoms with Gasteiger partial charge in [0.2, 0.25) is 0 Å². The minimum absolute atomic E-state index is 0.114. The van der Waals surface area contributed by atoms with Gasteiger partial charge < -0.3 is 19.7 Å². The fourth-order valence-electron chi connectivity index (χ4n) is 11.5. The predicted molar refractivity (Wildman–Crippen MR) is 324 cm³/mol. The molecule has 0 aliphatic carbocycles. The molecular weight excluding hydrogens is 953 g/mol. The van der Waals surface area contributed by atoms with E-state index in [9.17, 15) is 10.2 Å². The third kappa shape index (κ3) is 8.47. The molecule has 0 aromatic heterocycles. The largest absolute Gasteiger partial charge is 0.456 e. The van der Waals surface area contributed by atoms with Gasteiger partial charge in [0.05, 0.1) is 13.2 Å². The highest BCUT2D eigenvalue weighted by Crippen LogP contribution is 2.51. The van der Waals surface area contributed by atoms with Crippen molar-refractivity contribution in [2.45, 2.75) is 13.2 Å². The number of hydrogen-bond acceptors (Lipinski definition) is 4. The van der Waals surface area contributed by atoms with E-state index in [1.165, 1.54) is 21.5 Å². The van der Waals surface area contributed by atoms with Crippen LogP contribution in [0.15, 0.2) is 267 Å². The van der Waals surface area contributed by atoms with Crippen LogP contribution in [-0.2, 0) is 13.2 Å². The summed E-state index contributed by atoms with van der Waals surface area (Å²) >= 11 is 0. The zero-order valence-corrected chi connectivity index (χ0v) is 42.5. The number of hydrogen-bond donors (Lipinski definition) is 2. The molecular formula is C74H50O4. The molecule has 370 valence electrons. The number of aliphatic hydroxyl groups is 2. The van der Waals surface area contributed by atoms with Crippen molar-refractivity contribution in [2.75, 3.05) is 0 Å². The van der Waals surface area contributed by atoms with Crippen LogP contribution in [0, 0.1) is 0 Å². The topological polar surface area (TPSA) is 58.9 Å². The van der Waals surface area contributed by atoms with E-state index in [-0.39, 0.29) is 13.2 Å². The Morgan fingerprint density at radius 3 is 1.01 bits per heavy atom. The lowest BCUT2D eigenvalue weighted by Gasteiger charge is -2.22. The Bertz CT molecular complexity index is 4360. The summed E-state index contributed by atoms with van der Waals surface area (Å²) in [7, 11) is 0. The molecule has 0 fully saturated rings. The maximum Gasteiger partial charge on any atom is 0.136 e. The Balaban J connectivity index is 1.03. The second-order valence-corrected chi connectivity index (χ2v) is 20.1. The van der Waals surface area contributed by atoms with Gasteiger partial charge in [-0.25, -0.2) is 0 Å². The summed E-state index contributed by atoms with van der Waals surface area (Å²) in [6.07, 6.45) is 0. The van der Waals surface area contributed by atoms with Crippen LogP contribution in [0.1, 0.15) is 11.1 Å². The van der Waals surface area contributed by atoms with Crippen LogP contribution in [0.2, 0.25) is 0 Å². The van der Waals surface area contributed by atoms with Gasteiger partial charge >= 0.3 is 0 Å². The highest BCUT2D eigenvalue weighted by molar-refractivity contribution is 6.12. The molecule has 0 saturated carbocycles. The van der Waals surface area contributed by atoms with Crippen molar-refractivity contribution in [1.29, 1.82) is 0 Å². The smallest absolute Gasteiger partial charge is 0.136 e. The van der Waals surface area contributed by atoms with Crippen molar-refractivity contribution in [3.63, 3.8) is 0 Å². The fraction of sp³-hybridized carbons (Fsp3) is 0.0270. The van der Waals surface area contributed by atoms with Crippen molar-refractivity contribution in [2.24, 2.45) is 0 Å². The van der Waals surface area contributed by atoms with Crippen LogP contribution in [0.25, 0.3) is 120 Å². The van der Waals surface area contributed by atoms with E-state index in [0.29, 0.717) is 23.0 Å². The van der Waals surface area contributed by atoms with Gasteiger partial charge in [-0.2, -0.15) is 0 Å². The van der Waals surface area contributed by atoms with Crippen molar-refractivity contribution >= 4 is 64.6 Å². The normalized spacial score (nSPS) is 11.6. The molecule has 2 N–H and O–H groups in total. The van der Waals surface area contributed by atoms with Crippen LogP contribution < -0.4 is 9.47 Å². The van der Waals surface area contributed by atoms with Gasteiger partial charge in [0.25, 0.3) is 0 Å². The van der Waals surface area contributed by atoms with Gasteiger partial charge in [-0.1, -0.05) is 206 Å². The van der Waals surface area contributed by atoms with E-state index in [0.717, 1.165) is 110 Å². The van der Waals surface area contributed by atoms with E-state index in [4.69, 9.17) is 9.47 Å². The van der Waals surface area contributed by atoms with Gasteiger partial charge in [-0.3, -0.25) is 0 Å². The first-order chi connectivity index (χ1) is 38.5. The summed E-state index contributed by atoms with van der Waals surface area (Å²) < 4.78 is 14.9. The summed E-state index contributed by atoms with van der Waals surface area (Å²) in [4.78, 5) is 0. The summed E-state index contributed by atoms with van der Waals surface area (Å²) in [5.41, 5.74) is 11.5. The van der Waals surface area contributed by atoms with Crippen molar-refractivity contribution < 1.29 is 19.7 Å². The summed E-state index contributed by atoms with van der Waals surface area (Å²) in [5, 5.41) is 34.3. The minimum atomic E-state index is -0.114. The predicted octanol–water partition coefficient (Wildman–Crippen LogP) is 19.5. The zero-order chi connectivity index (χ0) is 52.1. The third-order valence-corrected chi connectivity index (χ3v) is 15.4. The first-order valence-corrected chi connectivity index (χ1v) is 26.5. The lowest BCUT2D eigenvalue weighted by Crippen LogP contribution is -1.98. The standard InChI is InChI=1S/C74H50O4/c75-45-47-23-35-69(67(39-47)65-21-9-17-51-13-5-7-19-61(51)65)77-71-37-31-59-43-57(55-27-25-49-11-1-3-15-53(49)41-55)29-33-63(59)73(71)74-64-34-30-58(56-28-26-50-12-2-4-16-54(50)42-56)44-60(64)32-38-72(74)78-70-36-24-48(46-76)40-68(70)66-22-10-18-52-14-6-8-20-62(52)66/h1-44,75-76H,45-46H2. The zero-order valence-electron chi connectivity index (χ0n) is 42.5. The second-order valence-electron chi connectivity index (χ2n) is 20.1. The Hall–Kier alpha value is -9.84. The lowest BCUT2D eigenvalue weighted by atomic mass is 9.89. The van der Waals surface area contributed by atoms with Gasteiger partial charge in [0.1, 0.15) is 23.0 Å².